The number of imide groups is 1. The number of urea groups is 1. The maximum Gasteiger partial charge on any atom is 0.322 e. The van der Waals surface area contributed by atoms with E-state index in [0.717, 1.165) is 0 Å². The minimum atomic E-state index is -0.806. The second kappa shape index (κ2) is 6.23. The Bertz CT molecular complexity index is 643. The van der Waals surface area contributed by atoms with Crippen LogP contribution in [0.25, 0.3) is 0 Å². The summed E-state index contributed by atoms with van der Waals surface area (Å²) in [7, 11) is 0. The lowest BCUT2D eigenvalue weighted by molar-refractivity contribution is -0.134. The van der Waals surface area contributed by atoms with Gasteiger partial charge in [0.2, 0.25) is 5.91 Å². The Morgan fingerprint density at radius 3 is 2.48 bits per heavy atom. The molecule has 2 aliphatic heterocycles. The van der Waals surface area contributed by atoms with E-state index in [-0.39, 0.29) is 18.1 Å². The first-order chi connectivity index (χ1) is 11.0. The van der Waals surface area contributed by atoms with Crippen molar-refractivity contribution >= 4 is 23.5 Å². The monoisotopic (exact) mass is 320 g/mol. The molecule has 7 nitrogen and oxygen atoms in total. The standard InChI is InChI=1S/C15H17FN4O3/c16-10-3-1-2-4-12(10)19-5-7-20(8-6-19)13(21)9-11-14(22)18-15(23)17-11/h1-4,11H,5-9H2,(H2,17,18,22,23). The lowest BCUT2D eigenvalue weighted by atomic mass is 10.1. The van der Waals surface area contributed by atoms with Gasteiger partial charge in [-0.1, -0.05) is 12.1 Å². The number of hydrogen-bond donors (Lipinski definition) is 2. The zero-order chi connectivity index (χ0) is 16.4. The summed E-state index contributed by atoms with van der Waals surface area (Å²) in [6.45, 7) is 1.96. The molecule has 0 aliphatic carbocycles. The van der Waals surface area contributed by atoms with E-state index >= 15 is 0 Å². The van der Waals surface area contributed by atoms with Crippen LogP contribution in [0.1, 0.15) is 6.42 Å². The van der Waals surface area contributed by atoms with Crippen molar-refractivity contribution in [2.75, 3.05) is 31.1 Å². The predicted molar refractivity (Wildman–Crippen MR) is 80.3 cm³/mol. The van der Waals surface area contributed by atoms with Crippen LogP contribution < -0.4 is 15.5 Å². The van der Waals surface area contributed by atoms with E-state index in [2.05, 4.69) is 10.6 Å². The number of anilines is 1. The van der Waals surface area contributed by atoms with Crippen molar-refractivity contribution in [3.63, 3.8) is 0 Å². The largest absolute Gasteiger partial charge is 0.366 e. The van der Waals surface area contributed by atoms with Gasteiger partial charge in [-0.25, -0.2) is 9.18 Å². The van der Waals surface area contributed by atoms with E-state index in [9.17, 15) is 18.8 Å². The Hall–Kier alpha value is -2.64. The average Bonchev–Trinajstić information content (AvgIpc) is 2.85. The molecular weight excluding hydrogens is 303 g/mol. The Morgan fingerprint density at radius 2 is 1.87 bits per heavy atom. The highest BCUT2D eigenvalue weighted by molar-refractivity contribution is 6.05. The van der Waals surface area contributed by atoms with Gasteiger partial charge in [0.25, 0.3) is 5.91 Å². The molecule has 1 aromatic carbocycles. The van der Waals surface area contributed by atoms with Gasteiger partial charge in [-0.3, -0.25) is 14.9 Å². The van der Waals surface area contributed by atoms with Gasteiger partial charge < -0.3 is 15.1 Å². The van der Waals surface area contributed by atoms with Crippen molar-refractivity contribution < 1.29 is 18.8 Å². The third-order valence-electron chi connectivity index (χ3n) is 4.06. The van der Waals surface area contributed by atoms with E-state index in [1.807, 2.05) is 4.90 Å². The van der Waals surface area contributed by atoms with Crippen LogP contribution in [0.5, 0.6) is 0 Å². The molecule has 2 saturated heterocycles. The highest BCUT2D eigenvalue weighted by atomic mass is 19.1. The molecule has 2 heterocycles. The lowest BCUT2D eigenvalue weighted by Gasteiger charge is -2.36. The minimum absolute atomic E-state index is 0.0583. The van der Waals surface area contributed by atoms with Gasteiger partial charge >= 0.3 is 6.03 Å². The van der Waals surface area contributed by atoms with E-state index in [0.29, 0.717) is 31.9 Å². The first-order valence-corrected chi connectivity index (χ1v) is 7.43. The number of halogens is 1. The molecule has 0 bridgehead atoms. The molecule has 4 amide bonds. The number of hydrogen-bond acceptors (Lipinski definition) is 4. The number of carbonyl (C=O) groups excluding carboxylic acids is 3. The number of carbonyl (C=O) groups is 3. The Labute approximate surface area is 132 Å². The van der Waals surface area contributed by atoms with Gasteiger partial charge in [0.05, 0.1) is 12.1 Å². The second-order valence-electron chi connectivity index (χ2n) is 5.54. The molecule has 0 saturated carbocycles. The van der Waals surface area contributed by atoms with Crippen molar-refractivity contribution in [1.82, 2.24) is 15.5 Å². The molecule has 2 fully saturated rings. The topological polar surface area (TPSA) is 81.8 Å². The van der Waals surface area contributed by atoms with Gasteiger partial charge in [-0.2, -0.15) is 0 Å². The summed E-state index contributed by atoms with van der Waals surface area (Å²) in [6, 6.07) is 5.16. The lowest BCUT2D eigenvalue weighted by Crippen LogP contribution is -2.50. The van der Waals surface area contributed by atoms with Crippen LogP contribution in [0.15, 0.2) is 24.3 Å². The molecule has 0 spiro atoms. The van der Waals surface area contributed by atoms with Crippen LogP contribution in [0.4, 0.5) is 14.9 Å². The molecular formula is C15H17FN4O3. The smallest absolute Gasteiger partial charge is 0.322 e. The quantitative estimate of drug-likeness (QED) is 0.773. The number of nitrogens with one attached hydrogen (secondary N) is 2. The van der Waals surface area contributed by atoms with E-state index in [1.54, 1.807) is 23.1 Å². The van der Waals surface area contributed by atoms with Crippen LogP contribution in [-0.4, -0.2) is 55.0 Å². The highest BCUT2D eigenvalue weighted by Gasteiger charge is 2.33. The fourth-order valence-corrected chi connectivity index (χ4v) is 2.81. The summed E-state index contributed by atoms with van der Waals surface area (Å²) >= 11 is 0. The Kier molecular flexibility index (Phi) is 4.14. The van der Waals surface area contributed by atoms with Crippen LogP contribution >= 0.6 is 0 Å². The van der Waals surface area contributed by atoms with E-state index in [1.165, 1.54) is 6.07 Å². The van der Waals surface area contributed by atoms with E-state index < -0.39 is 18.0 Å². The number of nitrogens with zero attached hydrogens (tertiary/aromatic N) is 2. The summed E-state index contributed by atoms with van der Waals surface area (Å²) in [5, 5.41) is 4.51. The molecule has 23 heavy (non-hydrogen) atoms. The summed E-state index contributed by atoms with van der Waals surface area (Å²) in [6.07, 6.45) is -0.0583. The number of amides is 4. The van der Waals surface area contributed by atoms with Crippen LogP contribution in [0.3, 0.4) is 0 Å². The van der Waals surface area contributed by atoms with Crippen molar-refractivity contribution in [2.45, 2.75) is 12.5 Å². The third kappa shape index (κ3) is 3.25. The number of para-hydroxylation sites is 1. The fraction of sp³-hybridized carbons (Fsp3) is 0.400. The molecule has 122 valence electrons. The summed E-state index contributed by atoms with van der Waals surface area (Å²) < 4.78 is 13.8. The predicted octanol–water partition coefficient (Wildman–Crippen LogP) is 0.0724. The average molecular weight is 320 g/mol. The van der Waals surface area contributed by atoms with Crippen LogP contribution in [0, 0.1) is 5.82 Å². The first kappa shape index (κ1) is 15.3. The molecule has 0 radical (unpaired) electrons. The summed E-state index contributed by atoms with van der Waals surface area (Å²) in [5.74, 6) is -0.952. The van der Waals surface area contributed by atoms with Gasteiger partial charge in [0.1, 0.15) is 11.9 Å². The Morgan fingerprint density at radius 1 is 1.17 bits per heavy atom. The zero-order valence-electron chi connectivity index (χ0n) is 12.4. The SMILES string of the molecule is O=C1NC(=O)C(CC(=O)N2CCN(c3ccccc3F)CC2)N1. The van der Waals surface area contributed by atoms with Crippen LogP contribution in [0.2, 0.25) is 0 Å². The highest BCUT2D eigenvalue weighted by Crippen LogP contribution is 2.20. The zero-order valence-corrected chi connectivity index (χ0v) is 12.4. The minimum Gasteiger partial charge on any atom is -0.366 e. The molecule has 3 rings (SSSR count). The number of benzene rings is 1. The fourth-order valence-electron chi connectivity index (χ4n) is 2.81. The van der Waals surface area contributed by atoms with Gasteiger partial charge in [-0.15, -0.1) is 0 Å². The first-order valence-electron chi connectivity index (χ1n) is 7.43. The molecule has 2 N–H and O–H groups in total. The maximum atomic E-state index is 13.8. The second-order valence-corrected chi connectivity index (χ2v) is 5.54. The van der Waals surface area contributed by atoms with Crippen LogP contribution in [-0.2, 0) is 9.59 Å². The van der Waals surface area contributed by atoms with Gasteiger partial charge in [0.15, 0.2) is 0 Å². The van der Waals surface area contributed by atoms with E-state index in [4.69, 9.17) is 0 Å². The molecule has 8 heteroatoms. The molecule has 0 aromatic heterocycles. The van der Waals surface area contributed by atoms with Gasteiger partial charge in [-0.05, 0) is 12.1 Å². The summed E-state index contributed by atoms with van der Waals surface area (Å²) in [5.41, 5.74) is 0.530. The molecule has 1 unspecified atom stereocenters. The van der Waals surface area contributed by atoms with Crippen molar-refractivity contribution in [2.24, 2.45) is 0 Å². The van der Waals surface area contributed by atoms with Crippen molar-refractivity contribution in [1.29, 1.82) is 0 Å². The third-order valence-corrected chi connectivity index (χ3v) is 4.06. The normalized spacial score (nSPS) is 21.2. The number of piperazine rings is 1. The number of rotatable bonds is 3. The van der Waals surface area contributed by atoms with Crippen molar-refractivity contribution in [3.8, 4) is 0 Å². The summed E-state index contributed by atoms with van der Waals surface area (Å²) in [4.78, 5) is 38.3. The Balaban J connectivity index is 1.54. The van der Waals surface area contributed by atoms with Gasteiger partial charge in [0, 0.05) is 26.2 Å². The maximum absolute atomic E-state index is 13.8. The molecule has 1 atom stereocenters. The molecule has 2 aliphatic rings. The van der Waals surface area contributed by atoms with Crippen molar-refractivity contribution in [3.05, 3.63) is 30.1 Å². The molecule has 1 aromatic rings.